The molecule has 0 spiro atoms. The summed E-state index contributed by atoms with van der Waals surface area (Å²) in [6, 6.07) is 5.48. The minimum absolute atomic E-state index is 0.327. The molecule has 0 atom stereocenters. The molecule has 0 radical (unpaired) electrons. The SMILES string of the molecule is Cc1c(O)cccc1NC1=NCCC1. The maximum absolute atomic E-state index is 9.49. The Hall–Kier alpha value is -1.51. The van der Waals surface area contributed by atoms with Gasteiger partial charge in [0.05, 0.1) is 0 Å². The van der Waals surface area contributed by atoms with Gasteiger partial charge in [-0.3, -0.25) is 4.99 Å². The van der Waals surface area contributed by atoms with Crippen LogP contribution in [0.15, 0.2) is 23.2 Å². The molecule has 0 amide bonds. The van der Waals surface area contributed by atoms with Crippen molar-refractivity contribution in [2.45, 2.75) is 19.8 Å². The van der Waals surface area contributed by atoms with Crippen LogP contribution in [0.1, 0.15) is 18.4 Å². The summed E-state index contributed by atoms with van der Waals surface area (Å²) in [7, 11) is 0. The molecule has 0 aliphatic carbocycles. The van der Waals surface area contributed by atoms with Gasteiger partial charge in [0.15, 0.2) is 0 Å². The normalized spacial score (nSPS) is 15.4. The van der Waals surface area contributed by atoms with Crippen molar-refractivity contribution >= 4 is 11.5 Å². The Morgan fingerprint density at radius 1 is 1.43 bits per heavy atom. The van der Waals surface area contributed by atoms with Gasteiger partial charge in [-0.2, -0.15) is 0 Å². The second-order valence-electron chi connectivity index (χ2n) is 3.51. The molecule has 0 bridgehead atoms. The third-order valence-corrected chi connectivity index (χ3v) is 2.46. The molecule has 1 aromatic carbocycles. The highest BCUT2D eigenvalue weighted by Gasteiger charge is 2.08. The van der Waals surface area contributed by atoms with Crippen LogP contribution in [0.3, 0.4) is 0 Å². The maximum Gasteiger partial charge on any atom is 0.120 e. The van der Waals surface area contributed by atoms with Crippen molar-refractivity contribution in [3.63, 3.8) is 0 Å². The fourth-order valence-corrected chi connectivity index (χ4v) is 1.56. The van der Waals surface area contributed by atoms with Crippen LogP contribution >= 0.6 is 0 Å². The molecule has 2 N–H and O–H groups in total. The molecule has 2 rings (SSSR count). The predicted molar refractivity (Wildman–Crippen MR) is 58.0 cm³/mol. The first-order chi connectivity index (χ1) is 6.77. The summed E-state index contributed by atoms with van der Waals surface area (Å²) >= 11 is 0. The van der Waals surface area contributed by atoms with Crippen molar-refractivity contribution in [2.75, 3.05) is 11.9 Å². The third-order valence-electron chi connectivity index (χ3n) is 2.46. The lowest BCUT2D eigenvalue weighted by Crippen LogP contribution is -2.09. The van der Waals surface area contributed by atoms with E-state index < -0.39 is 0 Å². The van der Waals surface area contributed by atoms with Gasteiger partial charge in [-0.1, -0.05) is 6.07 Å². The first-order valence-electron chi connectivity index (χ1n) is 4.86. The summed E-state index contributed by atoms with van der Waals surface area (Å²) in [6.45, 7) is 2.81. The molecular weight excluding hydrogens is 176 g/mol. The number of aromatic hydroxyl groups is 1. The molecule has 3 nitrogen and oxygen atoms in total. The number of hydrogen-bond donors (Lipinski definition) is 2. The summed E-state index contributed by atoms with van der Waals surface area (Å²) in [5.74, 6) is 1.35. The number of nitrogens with one attached hydrogen (secondary N) is 1. The molecule has 1 aliphatic heterocycles. The van der Waals surface area contributed by atoms with Gasteiger partial charge >= 0.3 is 0 Å². The van der Waals surface area contributed by atoms with Gasteiger partial charge in [-0.15, -0.1) is 0 Å². The quantitative estimate of drug-likeness (QED) is 0.713. The number of aliphatic imine (C=N–C) groups is 1. The Balaban J connectivity index is 2.20. The van der Waals surface area contributed by atoms with E-state index >= 15 is 0 Å². The van der Waals surface area contributed by atoms with Crippen molar-refractivity contribution in [3.05, 3.63) is 23.8 Å². The number of phenols is 1. The first kappa shape index (κ1) is 9.06. The number of anilines is 1. The van der Waals surface area contributed by atoms with Gasteiger partial charge in [0, 0.05) is 24.2 Å². The Morgan fingerprint density at radius 3 is 3.00 bits per heavy atom. The van der Waals surface area contributed by atoms with Crippen molar-refractivity contribution in [1.82, 2.24) is 0 Å². The van der Waals surface area contributed by atoms with Gasteiger partial charge < -0.3 is 10.4 Å². The maximum atomic E-state index is 9.49. The fourth-order valence-electron chi connectivity index (χ4n) is 1.56. The number of phenolic OH excluding ortho intramolecular Hbond substituents is 1. The van der Waals surface area contributed by atoms with Crippen molar-refractivity contribution in [2.24, 2.45) is 4.99 Å². The third kappa shape index (κ3) is 1.71. The summed E-state index contributed by atoms with van der Waals surface area (Å²) < 4.78 is 0. The number of benzene rings is 1. The van der Waals surface area contributed by atoms with Crippen LogP contribution in [0.5, 0.6) is 5.75 Å². The summed E-state index contributed by atoms with van der Waals surface area (Å²) in [5, 5.41) is 12.7. The van der Waals surface area contributed by atoms with E-state index in [-0.39, 0.29) is 0 Å². The van der Waals surface area contributed by atoms with Crippen LogP contribution < -0.4 is 5.32 Å². The van der Waals surface area contributed by atoms with Gasteiger partial charge in [-0.05, 0) is 25.5 Å². The van der Waals surface area contributed by atoms with Crippen molar-refractivity contribution in [3.8, 4) is 5.75 Å². The topological polar surface area (TPSA) is 44.6 Å². The van der Waals surface area contributed by atoms with E-state index in [0.717, 1.165) is 36.5 Å². The monoisotopic (exact) mass is 190 g/mol. The Morgan fingerprint density at radius 2 is 2.29 bits per heavy atom. The van der Waals surface area contributed by atoms with E-state index in [4.69, 9.17) is 0 Å². The molecule has 74 valence electrons. The van der Waals surface area contributed by atoms with E-state index in [2.05, 4.69) is 10.3 Å². The standard InChI is InChI=1S/C11H14N2O/c1-8-9(4-2-5-10(8)14)13-11-6-3-7-12-11/h2,4-5,14H,3,6-7H2,1H3,(H,12,13). The highest BCUT2D eigenvalue weighted by molar-refractivity contribution is 5.97. The summed E-state index contributed by atoms with van der Waals surface area (Å²) in [5.41, 5.74) is 1.83. The van der Waals surface area contributed by atoms with Crippen LogP contribution in [0.4, 0.5) is 5.69 Å². The molecule has 0 unspecified atom stereocenters. The molecular formula is C11H14N2O. The minimum Gasteiger partial charge on any atom is -0.508 e. The summed E-state index contributed by atoms with van der Waals surface area (Å²) in [6.07, 6.45) is 2.13. The largest absolute Gasteiger partial charge is 0.508 e. The van der Waals surface area contributed by atoms with Crippen molar-refractivity contribution in [1.29, 1.82) is 0 Å². The molecule has 14 heavy (non-hydrogen) atoms. The second kappa shape index (κ2) is 3.70. The molecule has 1 heterocycles. The fraction of sp³-hybridized carbons (Fsp3) is 0.364. The van der Waals surface area contributed by atoms with E-state index in [1.54, 1.807) is 6.07 Å². The summed E-state index contributed by atoms with van der Waals surface area (Å²) in [4.78, 5) is 4.33. The van der Waals surface area contributed by atoms with Gasteiger partial charge in [0.1, 0.15) is 11.6 Å². The number of amidine groups is 1. The van der Waals surface area contributed by atoms with Gasteiger partial charge in [-0.25, -0.2) is 0 Å². The highest BCUT2D eigenvalue weighted by Crippen LogP contribution is 2.24. The zero-order valence-electron chi connectivity index (χ0n) is 8.25. The zero-order chi connectivity index (χ0) is 9.97. The van der Waals surface area contributed by atoms with E-state index in [0.29, 0.717) is 5.75 Å². The van der Waals surface area contributed by atoms with Crippen LogP contribution in [0, 0.1) is 6.92 Å². The molecule has 0 saturated heterocycles. The Bertz CT molecular complexity index is 372. The Kier molecular flexibility index (Phi) is 2.39. The molecule has 0 saturated carbocycles. The smallest absolute Gasteiger partial charge is 0.120 e. The molecule has 3 heteroatoms. The number of nitrogens with zero attached hydrogens (tertiary/aromatic N) is 1. The van der Waals surface area contributed by atoms with E-state index in [1.165, 1.54) is 0 Å². The van der Waals surface area contributed by atoms with Crippen LogP contribution in [0.25, 0.3) is 0 Å². The van der Waals surface area contributed by atoms with Crippen LogP contribution in [-0.2, 0) is 0 Å². The second-order valence-corrected chi connectivity index (χ2v) is 3.51. The van der Waals surface area contributed by atoms with Gasteiger partial charge in [0.2, 0.25) is 0 Å². The molecule has 0 aromatic heterocycles. The first-order valence-corrected chi connectivity index (χ1v) is 4.86. The number of rotatable bonds is 1. The lowest BCUT2D eigenvalue weighted by Gasteiger charge is -2.09. The number of hydrogen-bond acceptors (Lipinski definition) is 3. The zero-order valence-corrected chi connectivity index (χ0v) is 8.25. The average Bonchev–Trinajstić information content (AvgIpc) is 2.66. The van der Waals surface area contributed by atoms with Crippen LogP contribution in [-0.4, -0.2) is 17.5 Å². The highest BCUT2D eigenvalue weighted by atomic mass is 16.3. The molecule has 0 fully saturated rings. The predicted octanol–water partition coefficient (Wildman–Crippen LogP) is 2.30. The lowest BCUT2D eigenvalue weighted by atomic mass is 10.2. The van der Waals surface area contributed by atoms with Crippen molar-refractivity contribution < 1.29 is 5.11 Å². The molecule has 1 aromatic rings. The minimum atomic E-state index is 0.327. The molecule has 1 aliphatic rings. The van der Waals surface area contributed by atoms with E-state index in [9.17, 15) is 5.11 Å². The van der Waals surface area contributed by atoms with E-state index in [1.807, 2.05) is 19.1 Å². The van der Waals surface area contributed by atoms with Crippen LogP contribution in [0.2, 0.25) is 0 Å². The average molecular weight is 190 g/mol. The Labute approximate surface area is 83.5 Å². The van der Waals surface area contributed by atoms with Gasteiger partial charge in [0.25, 0.3) is 0 Å². The lowest BCUT2D eigenvalue weighted by molar-refractivity contribution is 0.471.